The SMILES string of the molecule is CCC(CO)Cc1ccc2c(c1)CC(=O)N2. The van der Waals surface area contributed by atoms with Crippen LogP contribution in [0.1, 0.15) is 24.5 Å². The van der Waals surface area contributed by atoms with Gasteiger partial charge < -0.3 is 10.4 Å². The van der Waals surface area contributed by atoms with Crippen LogP contribution < -0.4 is 5.32 Å². The summed E-state index contributed by atoms with van der Waals surface area (Å²) in [6, 6.07) is 6.06. The fraction of sp³-hybridized carbons (Fsp3) is 0.462. The molecule has 1 aliphatic heterocycles. The molecule has 0 aliphatic carbocycles. The molecular weight excluding hydrogens is 202 g/mol. The molecule has 86 valence electrons. The Bertz CT molecular complexity index is 397. The number of fused-ring (bicyclic) bond motifs is 1. The van der Waals surface area contributed by atoms with E-state index in [0.717, 1.165) is 24.1 Å². The summed E-state index contributed by atoms with van der Waals surface area (Å²) in [5, 5.41) is 12.0. The third-order valence-corrected chi connectivity index (χ3v) is 3.15. The zero-order valence-electron chi connectivity index (χ0n) is 9.49. The second kappa shape index (κ2) is 4.66. The number of anilines is 1. The van der Waals surface area contributed by atoms with Gasteiger partial charge in [0.2, 0.25) is 5.91 Å². The van der Waals surface area contributed by atoms with E-state index >= 15 is 0 Å². The van der Waals surface area contributed by atoms with Gasteiger partial charge in [-0.3, -0.25) is 4.79 Å². The Morgan fingerprint density at radius 1 is 1.50 bits per heavy atom. The summed E-state index contributed by atoms with van der Waals surface area (Å²) in [5.74, 6) is 0.393. The summed E-state index contributed by atoms with van der Waals surface area (Å²) in [7, 11) is 0. The van der Waals surface area contributed by atoms with Crippen molar-refractivity contribution < 1.29 is 9.90 Å². The number of benzene rings is 1. The quantitative estimate of drug-likeness (QED) is 0.810. The summed E-state index contributed by atoms with van der Waals surface area (Å²) < 4.78 is 0. The van der Waals surface area contributed by atoms with Gasteiger partial charge in [-0.15, -0.1) is 0 Å². The van der Waals surface area contributed by atoms with Crippen LogP contribution in [0, 0.1) is 5.92 Å². The normalized spacial score (nSPS) is 15.8. The smallest absolute Gasteiger partial charge is 0.228 e. The third kappa shape index (κ3) is 2.25. The first-order valence-corrected chi connectivity index (χ1v) is 5.75. The lowest BCUT2D eigenvalue weighted by molar-refractivity contribution is -0.115. The molecule has 2 N–H and O–H groups in total. The van der Waals surface area contributed by atoms with Crippen molar-refractivity contribution in [1.82, 2.24) is 0 Å². The molecule has 0 aromatic heterocycles. The Labute approximate surface area is 95.5 Å². The molecule has 1 aliphatic rings. The number of aliphatic hydroxyl groups excluding tert-OH is 1. The van der Waals surface area contributed by atoms with Crippen LogP contribution in [0.15, 0.2) is 18.2 Å². The standard InChI is InChI=1S/C13H17NO2/c1-2-9(8-15)5-10-3-4-12-11(6-10)7-13(16)14-12/h3-4,6,9,15H,2,5,7-8H2,1H3,(H,14,16). The highest BCUT2D eigenvalue weighted by atomic mass is 16.3. The monoisotopic (exact) mass is 219 g/mol. The highest BCUT2D eigenvalue weighted by Gasteiger charge is 2.17. The highest BCUT2D eigenvalue weighted by Crippen LogP contribution is 2.25. The van der Waals surface area contributed by atoms with Gasteiger partial charge in [0.15, 0.2) is 0 Å². The second-order valence-electron chi connectivity index (χ2n) is 4.38. The van der Waals surface area contributed by atoms with Crippen LogP contribution in [0.25, 0.3) is 0 Å². The number of hydrogen-bond acceptors (Lipinski definition) is 2. The van der Waals surface area contributed by atoms with Crippen LogP contribution in [-0.4, -0.2) is 17.6 Å². The van der Waals surface area contributed by atoms with Crippen molar-refractivity contribution >= 4 is 11.6 Å². The second-order valence-corrected chi connectivity index (χ2v) is 4.38. The van der Waals surface area contributed by atoms with E-state index in [1.165, 1.54) is 5.56 Å². The van der Waals surface area contributed by atoms with E-state index in [4.69, 9.17) is 5.11 Å². The van der Waals surface area contributed by atoms with Crippen molar-refractivity contribution in [2.75, 3.05) is 11.9 Å². The largest absolute Gasteiger partial charge is 0.396 e. The lowest BCUT2D eigenvalue weighted by atomic mass is 9.96. The van der Waals surface area contributed by atoms with Gasteiger partial charge in [-0.05, 0) is 29.5 Å². The summed E-state index contributed by atoms with van der Waals surface area (Å²) in [4.78, 5) is 11.2. The van der Waals surface area contributed by atoms with E-state index in [2.05, 4.69) is 18.3 Å². The molecule has 2 rings (SSSR count). The van der Waals surface area contributed by atoms with E-state index < -0.39 is 0 Å². The van der Waals surface area contributed by atoms with Gasteiger partial charge in [0.1, 0.15) is 0 Å². The highest BCUT2D eigenvalue weighted by molar-refractivity contribution is 5.99. The lowest BCUT2D eigenvalue weighted by Gasteiger charge is -2.12. The van der Waals surface area contributed by atoms with Gasteiger partial charge in [-0.2, -0.15) is 0 Å². The molecule has 16 heavy (non-hydrogen) atoms. The van der Waals surface area contributed by atoms with Crippen LogP contribution in [0.3, 0.4) is 0 Å². The molecule has 1 amide bonds. The molecule has 3 heteroatoms. The molecule has 1 unspecified atom stereocenters. The van der Waals surface area contributed by atoms with Crippen LogP contribution >= 0.6 is 0 Å². The first kappa shape index (κ1) is 11.1. The van der Waals surface area contributed by atoms with Crippen LogP contribution in [0.5, 0.6) is 0 Å². The number of hydrogen-bond donors (Lipinski definition) is 2. The first-order chi connectivity index (χ1) is 7.72. The van der Waals surface area contributed by atoms with Gasteiger partial charge in [0.25, 0.3) is 0 Å². The lowest BCUT2D eigenvalue weighted by Crippen LogP contribution is -2.08. The zero-order chi connectivity index (χ0) is 11.5. The van der Waals surface area contributed by atoms with Crippen molar-refractivity contribution in [3.05, 3.63) is 29.3 Å². The molecule has 0 spiro atoms. The Morgan fingerprint density at radius 2 is 2.31 bits per heavy atom. The predicted molar refractivity (Wildman–Crippen MR) is 63.3 cm³/mol. The van der Waals surface area contributed by atoms with Crippen molar-refractivity contribution in [3.8, 4) is 0 Å². The minimum atomic E-state index is 0.0707. The molecule has 0 saturated carbocycles. The number of amides is 1. The number of aliphatic hydroxyl groups is 1. The predicted octanol–water partition coefficient (Wildman–Crippen LogP) is 1.74. The van der Waals surface area contributed by atoms with Crippen LogP contribution in [0.4, 0.5) is 5.69 Å². The van der Waals surface area contributed by atoms with E-state index in [9.17, 15) is 4.79 Å². The molecule has 1 atom stereocenters. The zero-order valence-corrected chi connectivity index (χ0v) is 9.49. The van der Waals surface area contributed by atoms with Crippen molar-refractivity contribution in [2.45, 2.75) is 26.2 Å². The molecule has 1 aromatic rings. The Kier molecular flexibility index (Phi) is 3.25. The molecule has 1 heterocycles. The molecule has 1 aromatic carbocycles. The average molecular weight is 219 g/mol. The van der Waals surface area contributed by atoms with Crippen molar-refractivity contribution in [3.63, 3.8) is 0 Å². The first-order valence-electron chi connectivity index (χ1n) is 5.75. The Hall–Kier alpha value is -1.35. The maximum absolute atomic E-state index is 11.2. The van der Waals surface area contributed by atoms with Crippen molar-refractivity contribution in [1.29, 1.82) is 0 Å². The molecule has 3 nitrogen and oxygen atoms in total. The van der Waals surface area contributed by atoms with Crippen LogP contribution in [0.2, 0.25) is 0 Å². The molecule has 0 bridgehead atoms. The molecule has 0 radical (unpaired) electrons. The summed E-state index contributed by atoms with van der Waals surface area (Å²) >= 11 is 0. The van der Waals surface area contributed by atoms with E-state index in [1.807, 2.05) is 12.1 Å². The van der Waals surface area contributed by atoms with E-state index in [0.29, 0.717) is 12.3 Å². The fourth-order valence-electron chi connectivity index (χ4n) is 2.08. The topological polar surface area (TPSA) is 49.3 Å². The third-order valence-electron chi connectivity index (χ3n) is 3.15. The van der Waals surface area contributed by atoms with Gasteiger partial charge >= 0.3 is 0 Å². The van der Waals surface area contributed by atoms with E-state index in [1.54, 1.807) is 0 Å². The Morgan fingerprint density at radius 3 is 3.00 bits per heavy atom. The van der Waals surface area contributed by atoms with Gasteiger partial charge in [0.05, 0.1) is 6.42 Å². The summed E-state index contributed by atoms with van der Waals surface area (Å²) in [6.07, 6.45) is 2.35. The van der Waals surface area contributed by atoms with Gasteiger partial charge in [-0.25, -0.2) is 0 Å². The van der Waals surface area contributed by atoms with Crippen LogP contribution in [-0.2, 0) is 17.6 Å². The molecular formula is C13H17NO2. The fourth-order valence-corrected chi connectivity index (χ4v) is 2.08. The molecule has 0 saturated heterocycles. The van der Waals surface area contributed by atoms with E-state index in [-0.39, 0.29) is 12.5 Å². The average Bonchev–Trinajstić information content (AvgIpc) is 2.65. The maximum Gasteiger partial charge on any atom is 0.228 e. The number of rotatable bonds is 4. The number of carbonyl (C=O) groups is 1. The summed E-state index contributed by atoms with van der Waals surface area (Å²) in [6.45, 7) is 2.31. The minimum absolute atomic E-state index is 0.0707. The van der Waals surface area contributed by atoms with Gasteiger partial charge in [-0.1, -0.05) is 25.5 Å². The number of carbonyl (C=O) groups excluding carboxylic acids is 1. The maximum atomic E-state index is 11.2. The van der Waals surface area contributed by atoms with Gasteiger partial charge in [0, 0.05) is 12.3 Å². The number of nitrogens with one attached hydrogen (secondary N) is 1. The summed E-state index contributed by atoms with van der Waals surface area (Å²) in [5.41, 5.74) is 3.22. The minimum Gasteiger partial charge on any atom is -0.396 e. The van der Waals surface area contributed by atoms with Crippen molar-refractivity contribution in [2.24, 2.45) is 5.92 Å². The molecule has 0 fully saturated rings. The Balaban J connectivity index is 2.13.